The van der Waals surface area contributed by atoms with Crippen LogP contribution in [0.4, 0.5) is 0 Å². The first kappa shape index (κ1) is 16.4. The molecule has 2 aromatic carbocycles. The summed E-state index contributed by atoms with van der Waals surface area (Å²) in [6.45, 7) is 0.357. The van der Waals surface area contributed by atoms with Crippen LogP contribution in [-0.4, -0.2) is 9.13 Å². The van der Waals surface area contributed by atoms with Gasteiger partial charge in [-0.15, -0.1) is 0 Å². The van der Waals surface area contributed by atoms with Gasteiger partial charge >= 0.3 is 5.69 Å². The molecule has 130 valence electrons. The zero-order valence-corrected chi connectivity index (χ0v) is 14.5. The Kier molecular flexibility index (Phi) is 4.22. The minimum absolute atomic E-state index is 0.0814. The molecule has 2 heterocycles. The third-order valence-electron chi connectivity index (χ3n) is 4.31. The summed E-state index contributed by atoms with van der Waals surface area (Å²) in [5.74, 6) is 0.545. The van der Waals surface area contributed by atoms with E-state index in [1.807, 2.05) is 18.2 Å². The predicted molar refractivity (Wildman–Crippen MR) is 101 cm³/mol. The molecule has 0 saturated carbocycles. The van der Waals surface area contributed by atoms with Gasteiger partial charge in [-0.1, -0.05) is 41.9 Å². The molecule has 6 heteroatoms. The molecule has 0 fully saturated rings. The van der Waals surface area contributed by atoms with Crippen molar-refractivity contribution in [2.75, 3.05) is 0 Å². The van der Waals surface area contributed by atoms with E-state index in [0.29, 0.717) is 21.7 Å². The molecule has 0 atom stereocenters. The minimum atomic E-state index is -0.398. The Morgan fingerprint density at radius 3 is 2.38 bits per heavy atom. The highest BCUT2D eigenvalue weighted by atomic mass is 35.5. The number of aromatic nitrogens is 2. The van der Waals surface area contributed by atoms with E-state index < -0.39 is 5.69 Å². The molecule has 5 nitrogen and oxygen atoms in total. The summed E-state index contributed by atoms with van der Waals surface area (Å²) < 4.78 is 8.07. The molecule has 26 heavy (non-hydrogen) atoms. The van der Waals surface area contributed by atoms with Gasteiger partial charge in [0.15, 0.2) is 0 Å². The number of hydrogen-bond acceptors (Lipinski definition) is 3. The van der Waals surface area contributed by atoms with Crippen LogP contribution in [0.5, 0.6) is 0 Å². The summed E-state index contributed by atoms with van der Waals surface area (Å²) in [7, 11) is 0. The van der Waals surface area contributed by atoms with Gasteiger partial charge in [0.25, 0.3) is 5.56 Å². The molecule has 4 aromatic rings. The Morgan fingerprint density at radius 2 is 1.62 bits per heavy atom. The lowest BCUT2D eigenvalue weighted by Gasteiger charge is -2.14. The first-order valence-electron chi connectivity index (χ1n) is 8.13. The quantitative estimate of drug-likeness (QED) is 0.555. The number of nitrogens with zero attached hydrogens (tertiary/aromatic N) is 2. The van der Waals surface area contributed by atoms with Crippen molar-refractivity contribution < 1.29 is 4.42 Å². The van der Waals surface area contributed by atoms with Gasteiger partial charge in [-0.05, 0) is 35.9 Å². The second-order valence-electron chi connectivity index (χ2n) is 5.95. The predicted octanol–water partition coefficient (Wildman–Crippen LogP) is 3.51. The zero-order chi connectivity index (χ0) is 18.1. The van der Waals surface area contributed by atoms with Gasteiger partial charge in [0.05, 0.1) is 30.3 Å². The minimum Gasteiger partial charge on any atom is -0.467 e. The third-order valence-corrected chi connectivity index (χ3v) is 4.68. The van der Waals surface area contributed by atoms with E-state index in [1.54, 1.807) is 47.0 Å². The maximum absolute atomic E-state index is 13.1. The van der Waals surface area contributed by atoms with Crippen LogP contribution in [0.3, 0.4) is 0 Å². The summed E-state index contributed by atoms with van der Waals surface area (Å²) in [4.78, 5) is 25.9. The van der Waals surface area contributed by atoms with Crippen LogP contribution in [0.25, 0.3) is 10.9 Å². The molecule has 4 rings (SSSR count). The number of para-hydroxylation sites is 1. The van der Waals surface area contributed by atoms with Crippen molar-refractivity contribution >= 4 is 22.5 Å². The van der Waals surface area contributed by atoms with Gasteiger partial charge in [0, 0.05) is 5.02 Å². The van der Waals surface area contributed by atoms with Gasteiger partial charge in [0.2, 0.25) is 0 Å². The van der Waals surface area contributed by atoms with Gasteiger partial charge in [-0.25, -0.2) is 4.79 Å². The molecule has 0 aliphatic carbocycles. The van der Waals surface area contributed by atoms with Crippen LogP contribution < -0.4 is 11.2 Å². The molecule has 0 N–H and O–H groups in total. The fourth-order valence-corrected chi connectivity index (χ4v) is 3.21. The number of rotatable bonds is 4. The van der Waals surface area contributed by atoms with Crippen LogP contribution in [0, 0.1) is 0 Å². The Hall–Kier alpha value is -3.05. The van der Waals surface area contributed by atoms with Crippen molar-refractivity contribution in [2.45, 2.75) is 13.1 Å². The molecular weight excluding hydrogens is 352 g/mol. The standard InChI is InChI=1S/C20H15ClN2O3/c21-17-9-3-1-6-14(17)12-22-18-10-4-2-8-16(18)19(24)23(20(22)25)13-15-7-5-11-26-15/h1-11H,12-13H2. The summed E-state index contributed by atoms with van der Waals surface area (Å²) in [6.07, 6.45) is 1.52. The maximum atomic E-state index is 13.1. The SMILES string of the molecule is O=c1c2ccccc2n(Cc2ccccc2Cl)c(=O)n1Cc1ccco1. The molecule has 0 unspecified atom stereocenters. The lowest BCUT2D eigenvalue weighted by molar-refractivity contribution is 0.479. The normalized spacial score (nSPS) is 11.1. The lowest BCUT2D eigenvalue weighted by atomic mass is 10.2. The molecular formula is C20H15ClN2O3. The second-order valence-corrected chi connectivity index (χ2v) is 6.36. The van der Waals surface area contributed by atoms with E-state index in [9.17, 15) is 9.59 Å². The summed E-state index contributed by atoms with van der Waals surface area (Å²) >= 11 is 6.26. The Bertz CT molecular complexity index is 1190. The topological polar surface area (TPSA) is 57.1 Å². The summed E-state index contributed by atoms with van der Waals surface area (Å²) in [6, 6.07) is 17.9. The van der Waals surface area contributed by atoms with Crippen LogP contribution in [0.15, 0.2) is 80.9 Å². The average molecular weight is 367 g/mol. The number of furan rings is 1. The van der Waals surface area contributed by atoms with Crippen molar-refractivity contribution in [1.82, 2.24) is 9.13 Å². The molecule has 0 bridgehead atoms. The van der Waals surface area contributed by atoms with Gasteiger partial charge in [-0.3, -0.25) is 13.9 Å². The van der Waals surface area contributed by atoms with Gasteiger partial charge in [-0.2, -0.15) is 0 Å². The average Bonchev–Trinajstić information content (AvgIpc) is 3.17. The van der Waals surface area contributed by atoms with Crippen molar-refractivity contribution in [3.63, 3.8) is 0 Å². The fraction of sp³-hybridized carbons (Fsp3) is 0.100. The highest BCUT2D eigenvalue weighted by Gasteiger charge is 2.15. The smallest absolute Gasteiger partial charge is 0.332 e. The molecule has 0 radical (unpaired) electrons. The highest BCUT2D eigenvalue weighted by Crippen LogP contribution is 2.17. The molecule has 2 aromatic heterocycles. The molecule has 0 aliphatic heterocycles. The molecule has 0 spiro atoms. The van der Waals surface area contributed by atoms with Crippen molar-refractivity contribution in [1.29, 1.82) is 0 Å². The first-order valence-corrected chi connectivity index (χ1v) is 8.51. The van der Waals surface area contributed by atoms with Crippen molar-refractivity contribution in [2.24, 2.45) is 0 Å². The lowest BCUT2D eigenvalue weighted by Crippen LogP contribution is -2.40. The summed E-state index contributed by atoms with van der Waals surface area (Å²) in [5.41, 5.74) is 0.658. The largest absolute Gasteiger partial charge is 0.467 e. The molecule has 0 saturated heterocycles. The van der Waals surface area contributed by atoms with E-state index in [0.717, 1.165) is 5.56 Å². The van der Waals surface area contributed by atoms with Crippen LogP contribution in [0.1, 0.15) is 11.3 Å². The molecule has 0 aliphatic rings. The Balaban J connectivity index is 1.95. The van der Waals surface area contributed by atoms with Gasteiger partial charge < -0.3 is 4.42 Å². The van der Waals surface area contributed by atoms with Crippen molar-refractivity contribution in [3.05, 3.63) is 104 Å². The van der Waals surface area contributed by atoms with E-state index in [1.165, 1.54) is 10.8 Å². The number of hydrogen-bond donors (Lipinski definition) is 0. The number of fused-ring (bicyclic) bond motifs is 1. The number of halogens is 1. The third kappa shape index (κ3) is 2.86. The van der Waals surface area contributed by atoms with E-state index in [-0.39, 0.29) is 18.6 Å². The Morgan fingerprint density at radius 1 is 0.846 bits per heavy atom. The monoisotopic (exact) mass is 366 g/mol. The van der Waals surface area contributed by atoms with Crippen LogP contribution in [-0.2, 0) is 13.1 Å². The Labute approximate surface area is 153 Å². The molecule has 0 amide bonds. The zero-order valence-electron chi connectivity index (χ0n) is 13.8. The summed E-state index contributed by atoms with van der Waals surface area (Å²) in [5, 5.41) is 1.05. The fourth-order valence-electron chi connectivity index (χ4n) is 3.02. The number of benzene rings is 2. The van der Waals surface area contributed by atoms with E-state index in [4.69, 9.17) is 16.0 Å². The van der Waals surface area contributed by atoms with Crippen LogP contribution >= 0.6 is 11.6 Å². The maximum Gasteiger partial charge on any atom is 0.332 e. The highest BCUT2D eigenvalue weighted by molar-refractivity contribution is 6.31. The first-order chi connectivity index (χ1) is 12.6. The van der Waals surface area contributed by atoms with Crippen molar-refractivity contribution in [3.8, 4) is 0 Å². The van der Waals surface area contributed by atoms with E-state index >= 15 is 0 Å². The second kappa shape index (κ2) is 6.69. The van der Waals surface area contributed by atoms with E-state index in [2.05, 4.69) is 0 Å². The van der Waals surface area contributed by atoms with Gasteiger partial charge in [0.1, 0.15) is 5.76 Å². The van der Waals surface area contributed by atoms with Crippen LogP contribution in [0.2, 0.25) is 5.02 Å².